The molecule has 94 valence electrons. The fourth-order valence-electron chi connectivity index (χ4n) is 1.08. The Labute approximate surface area is 109 Å². The van der Waals surface area contributed by atoms with E-state index in [4.69, 9.17) is 22.1 Å². The number of thioether (sulfide) groups is 1. The highest BCUT2D eigenvalue weighted by Crippen LogP contribution is 2.26. The van der Waals surface area contributed by atoms with Crippen molar-refractivity contribution in [3.8, 4) is 0 Å². The van der Waals surface area contributed by atoms with Gasteiger partial charge in [0.15, 0.2) is 0 Å². The average Bonchev–Trinajstić information content (AvgIpc) is 2.12. The number of halogens is 1. The highest BCUT2D eigenvalue weighted by atomic mass is 35.5. The van der Waals surface area contributed by atoms with Crippen molar-refractivity contribution in [1.82, 2.24) is 9.97 Å². The summed E-state index contributed by atoms with van der Waals surface area (Å²) in [6.07, 6.45) is 1.77. The monoisotopic (exact) mass is 275 g/mol. The molecule has 0 spiro atoms. The van der Waals surface area contributed by atoms with E-state index in [0.29, 0.717) is 5.03 Å². The highest BCUT2D eigenvalue weighted by Gasteiger charge is 2.24. The zero-order chi connectivity index (χ0) is 13.2. The molecule has 7 heteroatoms. The van der Waals surface area contributed by atoms with Crippen LogP contribution in [0.4, 0.5) is 5.95 Å². The number of anilines is 1. The number of carbonyl (C=O) groups is 1. The lowest BCUT2D eigenvalue weighted by molar-refractivity contribution is 0.00645. The molecular formula is C10H14ClN3O2S. The second kappa shape index (κ2) is 5.10. The number of hydrogen-bond acceptors (Lipinski definition) is 6. The minimum absolute atomic E-state index is 0.0103. The van der Waals surface area contributed by atoms with Crippen LogP contribution in [0.25, 0.3) is 0 Å². The molecule has 2 N–H and O–H groups in total. The molecule has 0 bridgehead atoms. The van der Waals surface area contributed by atoms with Crippen LogP contribution in [-0.2, 0) is 4.74 Å². The fraction of sp³-hybridized carbons (Fsp3) is 0.500. The summed E-state index contributed by atoms with van der Waals surface area (Å²) >= 11 is 7.15. The van der Waals surface area contributed by atoms with Gasteiger partial charge in [0.2, 0.25) is 5.95 Å². The van der Waals surface area contributed by atoms with E-state index in [-0.39, 0.29) is 16.7 Å². The van der Waals surface area contributed by atoms with Gasteiger partial charge >= 0.3 is 5.97 Å². The smallest absolute Gasteiger partial charge is 0.344 e. The van der Waals surface area contributed by atoms with Crippen molar-refractivity contribution in [1.29, 1.82) is 0 Å². The summed E-state index contributed by atoms with van der Waals surface area (Å²) < 4.78 is 5.23. The third-order valence-corrected chi connectivity index (χ3v) is 2.60. The van der Waals surface area contributed by atoms with Crippen LogP contribution in [-0.4, -0.2) is 27.8 Å². The normalized spacial score (nSPS) is 11.4. The lowest BCUT2D eigenvalue weighted by atomic mass is 10.2. The van der Waals surface area contributed by atoms with Crippen LogP contribution in [0.1, 0.15) is 31.1 Å². The summed E-state index contributed by atoms with van der Waals surface area (Å²) in [7, 11) is 0. The summed E-state index contributed by atoms with van der Waals surface area (Å²) in [5, 5.41) is 0.424. The average molecular weight is 276 g/mol. The Bertz CT molecular complexity index is 446. The summed E-state index contributed by atoms with van der Waals surface area (Å²) in [6, 6.07) is 0. The van der Waals surface area contributed by atoms with Crippen LogP contribution in [0.3, 0.4) is 0 Å². The zero-order valence-corrected chi connectivity index (χ0v) is 11.6. The van der Waals surface area contributed by atoms with Gasteiger partial charge in [-0.2, -0.15) is 0 Å². The van der Waals surface area contributed by atoms with Crippen LogP contribution in [0.5, 0.6) is 0 Å². The Balaban J connectivity index is 3.17. The lowest BCUT2D eigenvalue weighted by Crippen LogP contribution is -2.25. The minimum atomic E-state index is -0.600. The Morgan fingerprint density at radius 2 is 2.00 bits per heavy atom. The Morgan fingerprint density at radius 1 is 1.41 bits per heavy atom. The second-order valence-corrected chi connectivity index (χ2v) is 5.41. The number of hydrogen-bond donors (Lipinski definition) is 1. The van der Waals surface area contributed by atoms with Crippen LogP contribution >= 0.6 is 23.4 Å². The van der Waals surface area contributed by atoms with Crippen LogP contribution in [0.2, 0.25) is 5.15 Å². The summed E-state index contributed by atoms with van der Waals surface area (Å²) in [5.74, 6) is -0.515. The number of ether oxygens (including phenoxy) is 1. The number of nitrogens with zero attached hydrogens (tertiary/aromatic N) is 2. The van der Waals surface area contributed by atoms with Gasteiger partial charge in [-0.05, 0) is 27.0 Å². The SMILES string of the molecule is CSc1nc(N)nc(Cl)c1C(=O)OC(C)(C)C. The van der Waals surface area contributed by atoms with E-state index in [1.165, 1.54) is 11.8 Å². The molecule has 1 aromatic rings. The zero-order valence-electron chi connectivity index (χ0n) is 10.1. The van der Waals surface area contributed by atoms with Gasteiger partial charge in [0.25, 0.3) is 0 Å². The number of nitrogens with two attached hydrogens (primary N) is 1. The van der Waals surface area contributed by atoms with Crippen LogP contribution in [0.15, 0.2) is 5.03 Å². The van der Waals surface area contributed by atoms with Gasteiger partial charge < -0.3 is 10.5 Å². The van der Waals surface area contributed by atoms with Gasteiger partial charge in [0, 0.05) is 0 Å². The molecular weight excluding hydrogens is 262 g/mol. The predicted octanol–water partition coefficient (Wildman–Crippen LogP) is 2.39. The van der Waals surface area contributed by atoms with E-state index in [9.17, 15) is 4.79 Å². The van der Waals surface area contributed by atoms with Gasteiger partial charge in [-0.3, -0.25) is 0 Å². The van der Waals surface area contributed by atoms with E-state index in [2.05, 4.69) is 9.97 Å². The van der Waals surface area contributed by atoms with Crippen LogP contribution < -0.4 is 5.73 Å². The van der Waals surface area contributed by atoms with Crippen molar-refractivity contribution in [2.24, 2.45) is 0 Å². The second-order valence-electron chi connectivity index (χ2n) is 4.26. The molecule has 0 unspecified atom stereocenters. The Kier molecular flexibility index (Phi) is 4.21. The number of esters is 1. The van der Waals surface area contributed by atoms with E-state index in [1.54, 1.807) is 27.0 Å². The molecule has 0 fully saturated rings. The maximum Gasteiger partial charge on any atom is 0.344 e. The molecule has 1 rings (SSSR count). The first-order chi connectivity index (χ1) is 7.74. The predicted molar refractivity (Wildman–Crippen MR) is 68.4 cm³/mol. The molecule has 0 aliphatic heterocycles. The van der Waals surface area contributed by atoms with Gasteiger partial charge in [0.1, 0.15) is 21.3 Å². The molecule has 0 aliphatic rings. The largest absolute Gasteiger partial charge is 0.456 e. The standard InChI is InChI=1S/C10H14ClN3O2S/c1-10(2,3)16-8(15)5-6(11)13-9(12)14-7(5)17-4/h1-4H3,(H2,12,13,14). The molecule has 1 heterocycles. The molecule has 0 radical (unpaired) electrons. The summed E-state index contributed by atoms with van der Waals surface area (Å²) in [4.78, 5) is 19.6. The molecule has 1 aromatic heterocycles. The molecule has 0 amide bonds. The maximum absolute atomic E-state index is 11.9. The van der Waals surface area contributed by atoms with E-state index >= 15 is 0 Å². The van der Waals surface area contributed by atoms with E-state index < -0.39 is 11.6 Å². The molecule has 0 aliphatic carbocycles. The van der Waals surface area contributed by atoms with Crippen molar-refractivity contribution in [3.63, 3.8) is 0 Å². The van der Waals surface area contributed by atoms with Crippen molar-refractivity contribution >= 4 is 35.3 Å². The first-order valence-corrected chi connectivity index (χ1v) is 6.45. The molecule has 0 aromatic carbocycles. The van der Waals surface area contributed by atoms with Crippen molar-refractivity contribution in [2.45, 2.75) is 31.4 Å². The van der Waals surface area contributed by atoms with Crippen molar-refractivity contribution < 1.29 is 9.53 Å². The first kappa shape index (κ1) is 14.1. The maximum atomic E-state index is 11.9. The number of rotatable bonds is 2. The van der Waals surface area contributed by atoms with Crippen molar-refractivity contribution in [3.05, 3.63) is 10.7 Å². The third-order valence-electron chi connectivity index (χ3n) is 1.65. The van der Waals surface area contributed by atoms with Crippen LogP contribution in [0, 0.1) is 0 Å². The van der Waals surface area contributed by atoms with E-state index in [0.717, 1.165) is 0 Å². The molecule has 0 saturated heterocycles. The van der Waals surface area contributed by atoms with Gasteiger partial charge in [0.05, 0.1) is 0 Å². The third kappa shape index (κ3) is 3.74. The fourth-order valence-corrected chi connectivity index (χ4v) is 1.96. The molecule has 5 nitrogen and oxygen atoms in total. The van der Waals surface area contributed by atoms with E-state index in [1.807, 2.05) is 0 Å². The van der Waals surface area contributed by atoms with Gasteiger partial charge in [-0.15, -0.1) is 11.8 Å². The molecule has 0 atom stereocenters. The molecule has 17 heavy (non-hydrogen) atoms. The van der Waals surface area contributed by atoms with Crippen molar-refractivity contribution in [2.75, 3.05) is 12.0 Å². The molecule has 0 saturated carbocycles. The summed E-state index contributed by atoms with van der Waals surface area (Å²) in [5.41, 5.74) is 5.02. The van der Waals surface area contributed by atoms with Gasteiger partial charge in [-0.1, -0.05) is 11.6 Å². The van der Waals surface area contributed by atoms with Gasteiger partial charge in [-0.25, -0.2) is 14.8 Å². The topological polar surface area (TPSA) is 78.1 Å². The summed E-state index contributed by atoms with van der Waals surface area (Å²) in [6.45, 7) is 5.32. The highest BCUT2D eigenvalue weighted by molar-refractivity contribution is 7.98. The quantitative estimate of drug-likeness (QED) is 0.507. The number of aromatic nitrogens is 2. The lowest BCUT2D eigenvalue weighted by Gasteiger charge is -2.20. The Hall–Kier alpha value is -1.01. The number of nitrogen functional groups attached to an aromatic ring is 1. The first-order valence-electron chi connectivity index (χ1n) is 4.85. The Morgan fingerprint density at radius 3 is 2.47 bits per heavy atom. The number of carbonyl (C=O) groups excluding carboxylic acids is 1. The minimum Gasteiger partial charge on any atom is -0.456 e.